The molecule has 1 aliphatic rings. The number of aryl methyl sites for hydroxylation is 1. The van der Waals surface area contributed by atoms with Gasteiger partial charge in [0, 0.05) is 37.4 Å². The van der Waals surface area contributed by atoms with Gasteiger partial charge in [-0.15, -0.1) is 22.0 Å². The molecular formula is C17H24N4S. The van der Waals surface area contributed by atoms with E-state index in [2.05, 4.69) is 50.6 Å². The van der Waals surface area contributed by atoms with Crippen LogP contribution < -0.4 is 5.32 Å². The van der Waals surface area contributed by atoms with E-state index in [1.165, 1.54) is 35.5 Å². The molecule has 2 heterocycles. The number of hydrogen-bond donors (Lipinski definition) is 1. The van der Waals surface area contributed by atoms with E-state index in [4.69, 9.17) is 0 Å². The smallest absolute Gasteiger partial charge is 0.134 e. The number of benzene rings is 1. The lowest BCUT2D eigenvalue weighted by molar-refractivity contribution is 0.587. The Hall–Kier alpha value is -1.33. The average Bonchev–Trinajstić information content (AvgIpc) is 2.79. The third-order valence-corrected chi connectivity index (χ3v) is 4.94. The van der Waals surface area contributed by atoms with Crippen LogP contribution in [0.3, 0.4) is 0 Å². The van der Waals surface area contributed by atoms with Crippen molar-refractivity contribution < 1.29 is 0 Å². The largest absolute Gasteiger partial charge is 0.315 e. The maximum atomic E-state index is 4.38. The summed E-state index contributed by atoms with van der Waals surface area (Å²) in [6.07, 6.45) is 7.97. The Morgan fingerprint density at radius 3 is 2.82 bits per heavy atom. The van der Waals surface area contributed by atoms with Crippen LogP contribution in [0.25, 0.3) is 0 Å². The van der Waals surface area contributed by atoms with Gasteiger partial charge in [-0.3, -0.25) is 0 Å². The predicted octanol–water partition coefficient (Wildman–Crippen LogP) is 3.06. The number of hydrogen-bond acceptors (Lipinski definition) is 4. The molecule has 0 amide bonds. The fourth-order valence-electron chi connectivity index (χ4n) is 2.91. The van der Waals surface area contributed by atoms with Crippen LogP contribution in [0.2, 0.25) is 0 Å². The fourth-order valence-corrected chi connectivity index (χ4v) is 3.31. The monoisotopic (exact) mass is 316 g/mol. The van der Waals surface area contributed by atoms with E-state index in [9.17, 15) is 0 Å². The summed E-state index contributed by atoms with van der Waals surface area (Å²) in [5, 5.41) is 12.2. The molecule has 2 aromatic rings. The van der Waals surface area contributed by atoms with E-state index in [0.717, 1.165) is 38.3 Å². The summed E-state index contributed by atoms with van der Waals surface area (Å²) in [4.78, 5) is 1.31. The van der Waals surface area contributed by atoms with Crippen molar-refractivity contribution in [2.24, 2.45) is 0 Å². The van der Waals surface area contributed by atoms with Crippen LogP contribution >= 0.6 is 11.8 Å². The minimum atomic E-state index is 0.912. The highest BCUT2D eigenvalue weighted by atomic mass is 32.2. The van der Waals surface area contributed by atoms with Gasteiger partial charge < -0.3 is 9.88 Å². The zero-order valence-electron chi connectivity index (χ0n) is 13.2. The Bertz CT molecular complexity index is 591. The minimum absolute atomic E-state index is 0.912. The Balaban J connectivity index is 1.48. The molecule has 0 saturated heterocycles. The molecule has 5 heteroatoms. The van der Waals surface area contributed by atoms with Crippen molar-refractivity contribution in [1.82, 2.24) is 20.1 Å². The molecule has 3 rings (SSSR count). The second-order valence-electron chi connectivity index (χ2n) is 5.77. The van der Waals surface area contributed by atoms with Crippen molar-refractivity contribution in [3.8, 4) is 0 Å². The van der Waals surface area contributed by atoms with E-state index in [-0.39, 0.29) is 0 Å². The highest BCUT2D eigenvalue weighted by Gasteiger charge is 2.13. The summed E-state index contributed by atoms with van der Waals surface area (Å²) in [6.45, 7) is 2.95. The molecule has 1 N–H and O–H groups in total. The lowest BCUT2D eigenvalue weighted by Crippen LogP contribution is -2.19. The zero-order chi connectivity index (χ0) is 15.2. The molecule has 1 aliphatic heterocycles. The standard InChI is InChI=1S/C17H24N4S/c1-22-15-8-6-14(7-9-15)13-18-11-10-17-20-19-16-5-3-2-4-12-21(16)17/h6-9,18H,2-5,10-13H2,1H3. The van der Waals surface area contributed by atoms with E-state index < -0.39 is 0 Å². The van der Waals surface area contributed by atoms with Gasteiger partial charge in [-0.2, -0.15) is 0 Å². The van der Waals surface area contributed by atoms with Gasteiger partial charge in [0.2, 0.25) is 0 Å². The number of nitrogens with one attached hydrogen (secondary N) is 1. The number of thioether (sulfide) groups is 1. The Morgan fingerprint density at radius 1 is 1.14 bits per heavy atom. The molecule has 0 saturated carbocycles. The predicted molar refractivity (Wildman–Crippen MR) is 91.2 cm³/mol. The van der Waals surface area contributed by atoms with E-state index in [0.29, 0.717) is 0 Å². The summed E-state index contributed by atoms with van der Waals surface area (Å²) < 4.78 is 2.34. The molecule has 1 aromatic carbocycles. The SMILES string of the molecule is CSc1ccc(CNCCc2nnc3n2CCCCC3)cc1. The number of aromatic nitrogens is 3. The van der Waals surface area contributed by atoms with Gasteiger partial charge in [0.25, 0.3) is 0 Å². The van der Waals surface area contributed by atoms with Crippen LogP contribution in [-0.4, -0.2) is 27.6 Å². The maximum absolute atomic E-state index is 4.38. The summed E-state index contributed by atoms with van der Waals surface area (Å²) >= 11 is 1.78. The average molecular weight is 316 g/mol. The van der Waals surface area contributed by atoms with Crippen molar-refractivity contribution >= 4 is 11.8 Å². The quantitative estimate of drug-likeness (QED) is 0.657. The summed E-state index contributed by atoms with van der Waals surface area (Å²) in [6, 6.07) is 8.75. The van der Waals surface area contributed by atoms with Gasteiger partial charge in [-0.05, 0) is 36.8 Å². The van der Waals surface area contributed by atoms with Crippen LogP contribution in [0.5, 0.6) is 0 Å². The molecule has 0 fully saturated rings. The molecule has 4 nitrogen and oxygen atoms in total. The first-order chi connectivity index (χ1) is 10.9. The van der Waals surface area contributed by atoms with Gasteiger partial charge >= 0.3 is 0 Å². The highest BCUT2D eigenvalue weighted by Crippen LogP contribution is 2.15. The Kier molecular flexibility index (Phi) is 5.51. The van der Waals surface area contributed by atoms with Crippen LogP contribution in [-0.2, 0) is 25.9 Å². The lowest BCUT2D eigenvalue weighted by atomic mass is 10.2. The fraction of sp³-hybridized carbons (Fsp3) is 0.529. The molecule has 0 bridgehead atoms. The molecule has 1 aromatic heterocycles. The molecule has 22 heavy (non-hydrogen) atoms. The van der Waals surface area contributed by atoms with Crippen molar-refractivity contribution in [2.75, 3.05) is 12.8 Å². The molecule has 0 atom stereocenters. The number of nitrogens with zero attached hydrogens (tertiary/aromatic N) is 3. The number of rotatable bonds is 6. The van der Waals surface area contributed by atoms with E-state index in [1.807, 2.05) is 0 Å². The van der Waals surface area contributed by atoms with Crippen LogP contribution in [0.1, 0.15) is 36.5 Å². The summed E-state index contributed by atoms with van der Waals surface area (Å²) in [5.41, 5.74) is 1.33. The van der Waals surface area contributed by atoms with Crippen LogP contribution in [0, 0.1) is 0 Å². The summed E-state index contributed by atoms with van der Waals surface area (Å²) in [5.74, 6) is 2.32. The third kappa shape index (κ3) is 3.90. The molecule has 0 radical (unpaired) electrons. The lowest BCUT2D eigenvalue weighted by Gasteiger charge is -2.08. The first kappa shape index (κ1) is 15.6. The second kappa shape index (κ2) is 7.79. The summed E-state index contributed by atoms with van der Waals surface area (Å²) in [7, 11) is 0. The van der Waals surface area contributed by atoms with E-state index in [1.54, 1.807) is 11.8 Å². The van der Waals surface area contributed by atoms with Gasteiger partial charge in [-0.1, -0.05) is 18.6 Å². The topological polar surface area (TPSA) is 42.7 Å². The van der Waals surface area contributed by atoms with Crippen LogP contribution in [0.15, 0.2) is 29.2 Å². The second-order valence-corrected chi connectivity index (χ2v) is 6.65. The van der Waals surface area contributed by atoms with Crippen molar-refractivity contribution in [1.29, 1.82) is 0 Å². The Morgan fingerprint density at radius 2 is 2.00 bits per heavy atom. The number of fused-ring (bicyclic) bond motifs is 1. The first-order valence-corrected chi connectivity index (χ1v) is 9.34. The van der Waals surface area contributed by atoms with Gasteiger partial charge in [0.15, 0.2) is 0 Å². The van der Waals surface area contributed by atoms with E-state index >= 15 is 0 Å². The van der Waals surface area contributed by atoms with Crippen molar-refractivity contribution in [3.63, 3.8) is 0 Å². The van der Waals surface area contributed by atoms with Gasteiger partial charge in [0.1, 0.15) is 11.6 Å². The normalized spacial score (nSPS) is 14.6. The van der Waals surface area contributed by atoms with Crippen molar-refractivity contribution in [3.05, 3.63) is 41.5 Å². The highest BCUT2D eigenvalue weighted by molar-refractivity contribution is 7.98. The van der Waals surface area contributed by atoms with Crippen molar-refractivity contribution in [2.45, 2.75) is 50.1 Å². The minimum Gasteiger partial charge on any atom is -0.315 e. The van der Waals surface area contributed by atoms with Gasteiger partial charge in [0.05, 0.1) is 0 Å². The molecule has 0 aliphatic carbocycles. The molecule has 0 unspecified atom stereocenters. The first-order valence-electron chi connectivity index (χ1n) is 8.11. The maximum Gasteiger partial charge on any atom is 0.134 e. The molecular weight excluding hydrogens is 292 g/mol. The van der Waals surface area contributed by atoms with Gasteiger partial charge in [-0.25, -0.2) is 0 Å². The third-order valence-electron chi connectivity index (χ3n) is 4.20. The molecule has 0 spiro atoms. The molecule has 118 valence electrons. The van der Waals surface area contributed by atoms with Crippen LogP contribution in [0.4, 0.5) is 0 Å². The zero-order valence-corrected chi connectivity index (χ0v) is 14.0. The Labute approximate surface area is 136 Å².